The summed E-state index contributed by atoms with van der Waals surface area (Å²) >= 11 is 0. The monoisotopic (exact) mass is 289 g/mol. The number of rotatable bonds is 7. The lowest BCUT2D eigenvalue weighted by molar-refractivity contribution is 0.204. The Kier molecular flexibility index (Phi) is 4.39. The van der Waals surface area contributed by atoms with Gasteiger partial charge in [0.25, 0.3) is 0 Å². The zero-order valence-corrected chi connectivity index (χ0v) is 13.9. The minimum Gasteiger partial charge on any atom is -0.313 e. The summed E-state index contributed by atoms with van der Waals surface area (Å²) in [6, 6.07) is 3.70. The highest BCUT2D eigenvalue weighted by molar-refractivity contribution is 5.05. The van der Waals surface area contributed by atoms with Crippen molar-refractivity contribution in [1.29, 1.82) is 0 Å². The Labute approximate surface area is 129 Å². The van der Waals surface area contributed by atoms with Crippen molar-refractivity contribution >= 4 is 0 Å². The molecule has 1 aromatic heterocycles. The molecule has 0 aromatic carbocycles. The van der Waals surface area contributed by atoms with Gasteiger partial charge in [-0.1, -0.05) is 33.6 Å². The van der Waals surface area contributed by atoms with Gasteiger partial charge in [0.2, 0.25) is 0 Å². The zero-order chi connectivity index (χ0) is 14.9. The first kappa shape index (κ1) is 15.1. The van der Waals surface area contributed by atoms with Gasteiger partial charge in [0.05, 0.1) is 11.7 Å². The van der Waals surface area contributed by atoms with Crippen molar-refractivity contribution in [3.05, 3.63) is 18.0 Å². The van der Waals surface area contributed by atoms with Crippen LogP contribution in [-0.2, 0) is 6.42 Å². The molecule has 1 heterocycles. The lowest BCUT2D eigenvalue weighted by Crippen LogP contribution is -2.39. The van der Waals surface area contributed by atoms with Crippen LogP contribution >= 0.6 is 0 Å². The maximum Gasteiger partial charge on any atom is 0.0630 e. The lowest BCUT2D eigenvalue weighted by atomic mass is 9.75. The minimum atomic E-state index is 0.303. The molecule has 1 unspecified atom stereocenters. The van der Waals surface area contributed by atoms with Crippen LogP contribution in [0.15, 0.2) is 12.3 Å². The highest BCUT2D eigenvalue weighted by Crippen LogP contribution is 2.33. The smallest absolute Gasteiger partial charge is 0.0630 e. The van der Waals surface area contributed by atoms with Gasteiger partial charge in [-0.25, -0.2) is 0 Å². The van der Waals surface area contributed by atoms with Crippen LogP contribution in [0.25, 0.3) is 0 Å². The van der Waals surface area contributed by atoms with E-state index in [1.165, 1.54) is 44.2 Å². The Balaban J connectivity index is 1.63. The number of hydrogen-bond acceptors (Lipinski definition) is 2. The molecule has 2 aliphatic rings. The molecule has 0 aliphatic heterocycles. The summed E-state index contributed by atoms with van der Waals surface area (Å²) in [5, 5.41) is 8.62. The van der Waals surface area contributed by atoms with Gasteiger partial charge < -0.3 is 5.32 Å². The second kappa shape index (κ2) is 6.12. The molecule has 2 saturated carbocycles. The topological polar surface area (TPSA) is 29.9 Å². The molecular weight excluding hydrogens is 258 g/mol. The van der Waals surface area contributed by atoms with E-state index in [0.29, 0.717) is 17.4 Å². The molecule has 3 heteroatoms. The molecule has 0 radical (unpaired) electrons. The van der Waals surface area contributed by atoms with Gasteiger partial charge in [-0.05, 0) is 49.5 Å². The predicted molar refractivity (Wildman–Crippen MR) is 87.4 cm³/mol. The van der Waals surface area contributed by atoms with Gasteiger partial charge in [0.1, 0.15) is 0 Å². The Bertz CT molecular complexity index is 455. The molecule has 21 heavy (non-hydrogen) atoms. The Morgan fingerprint density at radius 2 is 2.00 bits per heavy atom. The van der Waals surface area contributed by atoms with Gasteiger partial charge in [0, 0.05) is 18.8 Å². The second-order valence-corrected chi connectivity index (χ2v) is 7.87. The first-order valence-electron chi connectivity index (χ1n) is 8.84. The van der Waals surface area contributed by atoms with Crippen LogP contribution in [0.3, 0.4) is 0 Å². The number of nitrogens with one attached hydrogen (secondary N) is 1. The molecule has 2 aliphatic carbocycles. The number of aromatic nitrogens is 2. The fourth-order valence-electron chi connectivity index (χ4n) is 3.39. The SMILES string of the molecule is CC(C)C(C)(CNC1CC1)Cc1ccn(C2CCCC2)n1. The van der Waals surface area contributed by atoms with Crippen molar-refractivity contribution in [2.45, 2.75) is 77.8 Å². The van der Waals surface area contributed by atoms with E-state index >= 15 is 0 Å². The summed E-state index contributed by atoms with van der Waals surface area (Å²) in [5.41, 5.74) is 1.58. The van der Waals surface area contributed by atoms with Crippen molar-refractivity contribution in [1.82, 2.24) is 15.1 Å². The van der Waals surface area contributed by atoms with Crippen LogP contribution in [0.2, 0.25) is 0 Å². The maximum absolute atomic E-state index is 4.89. The molecule has 118 valence electrons. The van der Waals surface area contributed by atoms with Crippen LogP contribution in [0.1, 0.15) is 71.0 Å². The van der Waals surface area contributed by atoms with Crippen molar-refractivity contribution in [3.8, 4) is 0 Å². The van der Waals surface area contributed by atoms with E-state index in [0.717, 1.165) is 19.0 Å². The van der Waals surface area contributed by atoms with Gasteiger partial charge in [0.15, 0.2) is 0 Å². The fraction of sp³-hybridized carbons (Fsp3) is 0.833. The summed E-state index contributed by atoms with van der Waals surface area (Å²) in [6.07, 6.45) is 11.4. The lowest BCUT2D eigenvalue weighted by Gasteiger charge is -2.33. The van der Waals surface area contributed by atoms with Crippen molar-refractivity contribution in [2.24, 2.45) is 11.3 Å². The molecule has 1 aromatic rings. The highest BCUT2D eigenvalue weighted by Gasteiger charge is 2.32. The third-order valence-electron chi connectivity index (χ3n) is 5.71. The standard InChI is InChI=1S/C18H31N3/c1-14(2)18(3,13-19-15-8-9-15)12-16-10-11-21(20-16)17-6-4-5-7-17/h10-11,14-15,17,19H,4-9,12-13H2,1-3H3. The number of nitrogens with zero attached hydrogens (tertiary/aromatic N) is 2. The van der Waals surface area contributed by atoms with Gasteiger partial charge in [-0.2, -0.15) is 5.10 Å². The van der Waals surface area contributed by atoms with E-state index in [2.05, 4.69) is 43.0 Å². The fourth-order valence-corrected chi connectivity index (χ4v) is 3.39. The summed E-state index contributed by atoms with van der Waals surface area (Å²) in [6.45, 7) is 8.23. The normalized spacial score (nSPS) is 22.9. The molecular formula is C18H31N3. The molecule has 0 amide bonds. The molecule has 1 atom stereocenters. The van der Waals surface area contributed by atoms with Crippen molar-refractivity contribution in [2.75, 3.05) is 6.54 Å². The summed E-state index contributed by atoms with van der Waals surface area (Å²) in [5.74, 6) is 0.667. The third kappa shape index (κ3) is 3.68. The quantitative estimate of drug-likeness (QED) is 0.823. The first-order chi connectivity index (χ1) is 10.1. The second-order valence-electron chi connectivity index (χ2n) is 7.87. The van der Waals surface area contributed by atoms with E-state index in [4.69, 9.17) is 5.10 Å². The summed E-state index contributed by atoms with van der Waals surface area (Å²) in [7, 11) is 0. The van der Waals surface area contributed by atoms with E-state index in [1.54, 1.807) is 0 Å². The first-order valence-corrected chi connectivity index (χ1v) is 8.84. The van der Waals surface area contributed by atoms with Crippen molar-refractivity contribution in [3.63, 3.8) is 0 Å². The largest absolute Gasteiger partial charge is 0.313 e. The van der Waals surface area contributed by atoms with Crippen molar-refractivity contribution < 1.29 is 0 Å². The summed E-state index contributed by atoms with van der Waals surface area (Å²) in [4.78, 5) is 0. The van der Waals surface area contributed by atoms with Crippen LogP contribution in [0, 0.1) is 11.3 Å². The van der Waals surface area contributed by atoms with E-state index in [1.807, 2.05) is 0 Å². The minimum absolute atomic E-state index is 0.303. The van der Waals surface area contributed by atoms with Crippen LogP contribution < -0.4 is 5.32 Å². The summed E-state index contributed by atoms with van der Waals surface area (Å²) < 4.78 is 2.23. The highest BCUT2D eigenvalue weighted by atomic mass is 15.3. The molecule has 3 nitrogen and oxygen atoms in total. The average molecular weight is 289 g/mol. The number of hydrogen-bond donors (Lipinski definition) is 1. The molecule has 0 saturated heterocycles. The van der Waals surface area contributed by atoms with E-state index < -0.39 is 0 Å². The van der Waals surface area contributed by atoms with Crippen LogP contribution in [0.5, 0.6) is 0 Å². The molecule has 0 bridgehead atoms. The molecule has 0 spiro atoms. The van der Waals surface area contributed by atoms with Gasteiger partial charge in [-0.3, -0.25) is 4.68 Å². The van der Waals surface area contributed by atoms with E-state index in [-0.39, 0.29) is 0 Å². The Morgan fingerprint density at radius 3 is 2.62 bits per heavy atom. The van der Waals surface area contributed by atoms with Crippen LogP contribution in [0.4, 0.5) is 0 Å². The van der Waals surface area contributed by atoms with Gasteiger partial charge in [-0.15, -0.1) is 0 Å². The predicted octanol–water partition coefficient (Wildman–Crippen LogP) is 3.96. The van der Waals surface area contributed by atoms with E-state index in [9.17, 15) is 0 Å². The average Bonchev–Trinajstić information content (AvgIpc) is 2.92. The van der Waals surface area contributed by atoms with Crippen LogP contribution in [-0.4, -0.2) is 22.4 Å². The Hall–Kier alpha value is -0.830. The molecule has 2 fully saturated rings. The van der Waals surface area contributed by atoms with Gasteiger partial charge >= 0.3 is 0 Å². The molecule has 1 N–H and O–H groups in total. The maximum atomic E-state index is 4.89. The Morgan fingerprint density at radius 1 is 1.29 bits per heavy atom. The zero-order valence-electron chi connectivity index (χ0n) is 13.9. The third-order valence-corrected chi connectivity index (χ3v) is 5.71. The molecule has 3 rings (SSSR count).